The van der Waals surface area contributed by atoms with E-state index in [9.17, 15) is 4.79 Å². The number of amides is 1. The number of benzene rings is 1. The third kappa shape index (κ3) is 3.32. The van der Waals surface area contributed by atoms with E-state index in [1.165, 1.54) is 6.92 Å². The topological polar surface area (TPSA) is 77.8 Å². The number of carbonyl (C=O) groups excluding carboxylic acids is 1. The summed E-state index contributed by atoms with van der Waals surface area (Å²) in [5, 5.41) is 15.8. The van der Waals surface area contributed by atoms with Crippen LogP contribution in [0.15, 0.2) is 12.1 Å². The van der Waals surface area contributed by atoms with Crippen molar-refractivity contribution in [3.8, 4) is 6.07 Å². The molecule has 1 aromatic carbocycles. The first-order chi connectivity index (χ1) is 9.92. The Morgan fingerprint density at radius 3 is 2.52 bits per heavy atom. The molecule has 1 heterocycles. The molecule has 0 saturated heterocycles. The molecule has 2 N–H and O–H groups in total. The fraction of sp³-hybridized carbons (Fsp3) is 0.214. The van der Waals surface area contributed by atoms with Gasteiger partial charge in [0, 0.05) is 18.3 Å². The van der Waals surface area contributed by atoms with Crippen LogP contribution in [-0.2, 0) is 4.79 Å². The average Bonchev–Trinajstić information content (AvgIpc) is 2.74. The van der Waals surface area contributed by atoms with Crippen LogP contribution < -0.4 is 10.6 Å². The molecule has 7 heteroatoms. The van der Waals surface area contributed by atoms with Gasteiger partial charge in [-0.05, 0) is 48.6 Å². The lowest BCUT2D eigenvalue weighted by Crippen LogP contribution is -2.09. The Kier molecular flexibility index (Phi) is 4.46. The minimum atomic E-state index is -0.108. The Bertz CT molecular complexity index is 725. The smallest absolute Gasteiger partial charge is 0.221 e. The highest BCUT2D eigenvalue weighted by molar-refractivity contribution is 7.11. The Morgan fingerprint density at radius 1 is 1.38 bits per heavy atom. The lowest BCUT2D eigenvalue weighted by molar-refractivity contribution is -0.114. The highest BCUT2D eigenvalue weighted by Gasteiger charge is 2.13. The van der Waals surface area contributed by atoms with Crippen LogP contribution in [-0.4, -0.2) is 10.3 Å². The lowest BCUT2D eigenvalue weighted by Gasteiger charge is -2.13. The average molecular weight is 321 g/mol. The zero-order chi connectivity index (χ0) is 15.6. The monoisotopic (exact) mass is 320 g/mol. The molecule has 0 saturated carbocycles. The molecule has 0 unspecified atom stereocenters. The molecule has 0 spiro atoms. The molecule has 0 radical (unpaired) electrons. The first kappa shape index (κ1) is 15.3. The van der Waals surface area contributed by atoms with Gasteiger partial charge in [-0.3, -0.25) is 4.79 Å². The van der Waals surface area contributed by atoms with Gasteiger partial charge in [-0.25, -0.2) is 0 Å². The highest BCUT2D eigenvalue weighted by atomic mass is 35.5. The zero-order valence-corrected chi connectivity index (χ0v) is 13.3. The van der Waals surface area contributed by atoms with Crippen LogP contribution in [0.4, 0.5) is 16.4 Å². The molecular formula is C14H13ClN4OS. The van der Waals surface area contributed by atoms with E-state index < -0.39 is 0 Å². The molecule has 2 aromatic rings. The van der Waals surface area contributed by atoms with Gasteiger partial charge in [0.05, 0.1) is 0 Å². The number of aryl methyl sites for hydroxylation is 2. The van der Waals surface area contributed by atoms with Gasteiger partial charge in [0.2, 0.25) is 5.91 Å². The van der Waals surface area contributed by atoms with E-state index in [1.807, 2.05) is 32.0 Å². The van der Waals surface area contributed by atoms with Crippen LogP contribution in [0.2, 0.25) is 5.15 Å². The molecule has 1 amide bonds. The molecule has 2 rings (SSSR count). The first-order valence-electron chi connectivity index (χ1n) is 6.13. The predicted molar refractivity (Wildman–Crippen MR) is 85.3 cm³/mol. The highest BCUT2D eigenvalue weighted by Crippen LogP contribution is 2.32. The number of halogens is 1. The van der Waals surface area contributed by atoms with Gasteiger partial charge in [0.25, 0.3) is 0 Å². The molecule has 0 bridgehead atoms. The Hall–Kier alpha value is -2.10. The third-order valence-electron chi connectivity index (χ3n) is 2.85. The Labute approximate surface area is 131 Å². The maximum Gasteiger partial charge on any atom is 0.221 e. The van der Waals surface area contributed by atoms with Gasteiger partial charge in [-0.1, -0.05) is 11.6 Å². The number of nitrogens with one attached hydrogen (secondary N) is 2. The molecule has 0 fully saturated rings. The second-order valence-electron chi connectivity index (χ2n) is 4.58. The van der Waals surface area contributed by atoms with Gasteiger partial charge in [-0.15, -0.1) is 0 Å². The van der Waals surface area contributed by atoms with Crippen molar-refractivity contribution in [2.75, 3.05) is 10.6 Å². The van der Waals surface area contributed by atoms with Crippen molar-refractivity contribution >= 4 is 45.4 Å². The summed E-state index contributed by atoms with van der Waals surface area (Å²) in [4.78, 5) is 11.2. The number of carbonyl (C=O) groups is 1. The van der Waals surface area contributed by atoms with E-state index in [1.54, 1.807) is 0 Å². The van der Waals surface area contributed by atoms with E-state index in [4.69, 9.17) is 16.9 Å². The minimum absolute atomic E-state index is 0.108. The number of hydrogen-bond donors (Lipinski definition) is 2. The summed E-state index contributed by atoms with van der Waals surface area (Å²) < 4.78 is 3.95. The number of nitriles is 1. The Morgan fingerprint density at radius 2 is 2.00 bits per heavy atom. The molecule has 1 aromatic heterocycles. The molecular weight excluding hydrogens is 308 g/mol. The van der Waals surface area contributed by atoms with E-state index in [-0.39, 0.29) is 11.1 Å². The van der Waals surface area contributed by atoms with Crippen molar-refractivity contribution in [3.63, 3.8) is 0 Å². The molecule has 21 heavy (non-hydrogen) atoms. The summed E-state index contributed by atoms with van der Waals surface area (Å²) in [7, 11) is 0. The van der Waals surface area contributed by atoms with Crippen LogP contribution >= 0.6 is 23.1 Å². The third-order valence-corrected chi connectivity index (χ3v) is 3.99. The maximum absolute atomic E-state index is 11.2. The van der Waals surface area contributed by atoms with Gasteiger partial charge in [0.1, 0.15) is 16.6 Å². The SMILES string of the molecule is CC(=O)Nc1c(C)cc(Nc2snc(Cl)c2C#N)cc1C. The maximum atomic E-state index is 11.2. The van der Waals surface area contributed by atoms with Gasteiger partial charge in [-0.2, -0.15) is 9.64 Å². The predicted octanol–water partition coefficient (Wildman–Crippen LogP) is 3.99. The summed E-state index contributed by atoms with van der Waals surface area (Å²) in [5.41, 5.74) is 3.82. The largest absolute Gasteiger partial charge is 0.345 e. The number of aromatic nitrogens is 1. The first-order valence-corrected chi connectivity index (χ1v) is 7.28. The summed E-state index contributed by atoms with van der Waals surface area (Å²) in [6.07, 6.45) is 0. The summed E-state index contributed by atoms with van der Waals surface area (Å²) in [6.45, 7) is 5.30. The van der Waals surface area contributed by atoms with Crippen molar-refractivity contribution in [1.82, 2.24) is 4.37 Å². The minimum Gasteiger partial charge on any atom is -0.345 e. The number of rotatable bonds is 3. The van der Waals surface area contributed by atoms with Crippen LogP contribution in [0.5, 0.6) is 0 Å². The standard InChI is InChI=1S/C14H13ClN4OS/c1-7-4-10(5-8(2)12(7)17-9(3)20)18-14-11(6-16)13(15)19-21-14/h4-5,18H,1-3H3,(H,17,20). The Balaban J connectivity index is 2.34. The van der Waals surface area contributed by atoms with E-state index in [0.29, 0.717) is 10.6 Å². The van der Waals surface area contributed by atoms with Crippen molar-refractivity contribution < 1.29 is 4.79 Å². The van der Waals surface area contributed by atoms with Gasteiger partial charge >= 0.3 is 0 Å². The molecule has 5 nitrogen and oxygen atoms in total. The molecule has 0 aliphatic rings. The van der Waals surface area contributed by atoms with Crippen LogP contribution in [0.25, 0.3) is 0 Å². The van der Waals surface area contributed by atoms with Gasteiger partial charge in [0.15, 0.2) is 5.15 Å². The second kappa shape index (κ2) is 6.12. The van der Waals surface area contributed by atoms with Crippen molar-refractivity contribution in [1.29, 1.82) is 5.26 Å². The van der Waals surface area contributed by atoms with Crippen LogP contribution in [0.1, 0.15) is 23.6 Å². The summed E-state index contributed by atoms with van der Waals surface area (Å²) in [5.74, 6) is -0.108. The number of hydrogen-bond acceptors (Lipinski definition) is 5. The zero-order valence-electron chi connectivity index (χ0n) is 11.7. The van der Waals surface area contributed by atoms with E-state index >= 15 is 0 Å². The summed E-state index contributed by atoms with van der Waals surface area (Å²) >= 11 is 6.98. The molecule has 0 atom stereocenters. The van der Waals surface area contributed by atoms with E-state index in [0.717, 1.165) is 34.0 Å². The fourth-order valence-electron chi connectivity index (χ4n) is 1.99. The van der Waals surface area contributed by atoms with E-state index in [2.05, 4.69) is 15.0 Å². The van der Waals surface area contributed by atoms with Gasteiger partial charge < -0.3 is 10.6 Å². The van der Waals surface area contributed by atoms with Crippen molar-refractivity contribution in [3.05, 3.63) is 34.0 Å². The molecule has 108 valence electrons. The number of anilines is 3. The molecule has 0 aliphatic carbocycles. The normalized spacial score (nSPS) is 10.0. The number of nitrogens with zero attached hydrogens (tertiary/aromatic N) is 2. The van der Waals surface area contributed by atoms with Crippen LogP contribution in [0.3, 0.4) is 0 Å². The second-order valence-corrected chi connectivity index (χ2v) is 5.71. The fourth-order valence-corrected chi connectivity index (χ4v) is 2.95. The van der Waals surface area contributed by atoms with Crippen molar-refractivity contribution in [2.24, 2.45) is 0 Å². The molecule has 0 aliphatic heterocycles. The lowest BCUT2D eigenvalue weighted by atomic mass is 10.1. The quantitative estimate of drug-likeness (QED) is 0.896. The van der Waals surface area contributed by atoms with Crippen LogP contribution in [0, 0.1) is 25.2 Å². The summed E-state index contributed by atoms with van der Waals surface area (Å²) in [6, 6.07) is 5.82. The van der Waals surface area contributed by atoms with Crippen molar-refractivity contribution in [2.45, 2.75) is 20.8 Å².